The predicted molar refractivity (Wildman–Crippen MR) is 225 cm³/mol. The lowest BCUT2D eigenvalue weighted by atomic mass is 10.0. The zero-order valence-electron chi connectivity index (χ0n) is 34.6. The second-order valence-electron chi connectivity index (χ2n) is 15.8. The Bertz CT molecular complexity index is 735. The van der Waals surface area contributed by atoms with Crippen molar-refractivity contribution >= 4 is 5.91 Å². The molecule has 2 atom stereocenters. The van der Waals surface area contributed by atoms with Gasteiger partial charge < -0.3 is 15.5 Å². The molecular weight excluding hydrogens is 627 g/mol. The summed E-state index contributed by atoms with van der Waals surface area (Å²) in [5.74, 6) is -0.0725. The molecule has 0 aromatic carbocycles. The molecule has 0 bridgehead atoms. The van der Waals surface area contributed by atoms with E-state index >= 15 is 0 Å². The van der Waals surface area contributed by atoms with Gasteiger partial charge in [-0.3, -0.25) is 4.79 Å². The van der Waals surface area contributed by atoms with Gasteiger partial charge in [0.05, 0.1) is 18.8 Å². The average molecular weight is 718 g/mol. The van der Waals surface area contributed by atoms with Gasteiger partial charge in [0.1, 0.15) is 0 Å². The zero-order chi connectivity index (χ0) is 37.1. The highest BCUT2D eigenvalue weighted by Crippen LogP contribution is 2.16. The fraction of sp³-hybridized carbons (Fsp3) is 0.894. The van der Waals surface area contributed by atoms with E-state index < -0.39 is 12.1 Å². The smallest absolute Gasteiger partial charge is 0.220 e. The standard InChI is InChI=1S/C47H91NO3/c1-3-5-7-9-11-13-15-17-18-19-20-21-22-23-24-25-26-27-28-29-30-31-32-34-36-38-40-42-46(50)45(44-49)48-47(51)43-41-39-37-35-33-16-14-12-10-8-6-4-2/h12,14,40,42,45-46,49-50H,3-11,13,15-39,41,43-44H2,1-2H3,(H,48,51)/b14-12-,42-40+. The number of rotatable bonds is 42. The van der Waals surface area contributed by atoms with Crippen LogP contribution in [0.15, 0.2) is 24.3 Å². The molecule has 0 aliphatic rings. The van der Waals surface area contributed by atoms with Crippen LogP contribution in [0.1, 0.15) is 251 Å². The minimum atomic E-state index is -0.840. The van der Waals surface area contributed by atoms with Crippen molar-refractivity contribution in [3.8, 4) is 0 Å². The summed E-state index contributed by atoms with van der Waals surface area (Å²) in [6, 6.07) is -0.623. The van der Waals surface area contributed by atoms with Crippen LogP contribution in [0.5, 0.6) is 0 Å². The Hall–Kier alpha value is -1.13. The van der Waals surface area contributed by atoms with E-state index in [1.54, 1.807) is 6.08 Å². The van der Waals surface area contributed by atoms with Gasteiger partial charge in [0, 0.05) is 6.42 Å². The molecule has 0 heterocycles. The van der Waals surface area contributed by atoms with Gasteiger partial charge in [-0.2, -0.15) is 0 Å². The maximum atomic E-state index is 12.3. The molecule has 0 rings (SSSR count). The Morgan fingerprint density at radius 3 is 1.12 bits per heavy atom. The molecule has 0 aromatic heterocycles. The van der Waals surface area contributed by atoms with Gasteiger partial charge >= 0.3 is 0 Å². The molecule has 0 saturated carbocycles. The number of aliphatic hydroxyl groups excluding tert-OH is 2. The SMILES string of the molecule is CCCCC/C=C\CCCCCCCC(=O)NC(CO)C(O)/C=C/CCCCCCCCCCCCCCCCCCCCCCCCCCC. The van der Waals surface area contributed by atoms with Gasteiger partial charge in [-0.15, -0.1) is 0 Å². The van der Waals surface area contributed by atoms with Crippen LogP contribution in [-0.2, 0) is 4.79 Å². The molecule has 0 saturated heterocycles. The van der Waals surface area contributed by atoms with Gasteiger partial charge in [0.15, 0.2) is 0 Å². The summed E-state index contributed by atoms with van der Waals surface area (Å²) in [6.45, 7) is 4.29. The summed E-state index contributed by atoms with van der Waals surface area (Å²) >= 11 is 0. The molecule has 1 amide bonds. The number of hydrogen-bond donors (Lipinski definition) is 3. The highest BCUT2D eigenvalue weighted by Gasteiger charge is 2.17. The Kier molecular flexibility index (Phi) is 42.3. The van der Waals surface area contributed by atoms with Crippen molar-refractivity contribution in [2.24, 2.45) is 0 Å². The van der Waals surface area contributed by atoms with Crippen molar-refractivity contribution in [2.45, 2.75) is 264 Å². The monoisotopic (exact) mass is 718 g/mol. The van der Waals surface area contributed by atoms with Crippen molar-refractivity contribution < 1.29 is 15.0 Å². The third kappa shape index (κ3) is 39.9. The number of carbonyl (C=O) groups is 1. The van der Waals surface area contributed by atoms with Crippen molar-refractivity contribution in [3.05, 3.63) is 24.3 Å². The van der Waals surface area contributed by atoms with E-state index in [9.17, 15) is 15.0 Å². The van der Waals surface area contributed by atoms with Gasteiger partial charge in [-0.1, -0.05) is 224 Å². The second kappa shape index (κ2) is 43.3. The van der Waals surface area contributed by atoms with E-state index in [0.717, 1.165) is 38.5 Å². The molecule has 302 valence electrons. The van der Waals surface area contributed by atoms with E-state index in [0.29, 0.717) is 6.42 Å². The first-order chi connectivity index (χ1) is 25.2. The van der Waals surface area contributed by atoms with E-state index in [4.69, 9.17) is 0 Å². The van der Waals surface area contributed by atoms with Gasteiger partial charge in [-0.25, -0.2) is 0 Å². The molecule has 2 unspecified atom stereocenters. The molecule has 0 radical (unpaired) electrons. The number of allylic oxidation sites excluding steroid dienone is 3. The van der Waals surface area contributed by atoms with Gasteiger partial charge in [-0.05, 0) is 44.9 Å². The van der Waals surface area contributed by atoms with Gasteiger partial charge in [0.25, 0.3) is 0 Å². The Labute approximate surface area is 319 Å². The minimum Gasteiger partial charge on any atom is -0.394 e. The van der Waals surface area contributed by atoms with Crippen molar-refractivity contribution in [2.75, 3.05) is 6.61 Å². The molecule has 0 aliphatic heterocycles. The highest BCUT2D eigenvalue weighted by molar-refractivity contribution is 5.76. The Balaban J connectivity index is 3.47. The fourth-order valence-electron chi connectivity index (χ4n) is 7.11. The minimum absolute atomic E-state index is 0.0725. The normalized spacial score (nSPS) is 13.1. The maximum Gasteiger partial charge on any atom is 0.220 e. The molecule has 4 heteroatoms. The molecule has 4 nitrogen and oxygen atoms in total. The van der Waals surface area contributed by atoms with E-state index in [2.05, 4.69) is 31.3 Å². The number of nitrogens with one attached hydrogen (secondary N) is 1. The van der Waals surface area contributed by atoms with Crippen molar-refractivity contribution in [1.29, 1.82) is 0 Å². The molecular formula is C47H91NO3. The largest absolute Gasteiger partial charge is 0.394 e. The summed E-state index contributed by atoms with van der Waals surface area (Å²) < 4.78 is 0. The third-order valence-electron chi connectivity index (χ3n) is 10.7. The number of carbonyl (C=O) groups excluding carboxylic acids is 1. The lowest BCUT2D eigenvalue weighted by Gasteiger charge is -2.20. The van der Waals surface area contributed by atoms with E-state index in [-0.39, 0.29) is 12.5 Å². The van der Waals surface area contributed by atoms with Gasteiger partial charge in [0.2, 0.25) is 5.91 Å². The van der Waals surface area contributed by atoms with Crippen molar-refractivity contribution in [3.63, 3.8) is 0 Å². The van der Waals surface area contributed by atoms with E-state index in [1.807, 2.05) is 6.08 Å². The Morgan fingerprint density at radius 1 is 0.451 bits per heavy atom. The number of hydrogen-bond acceptors (Lipinski definition) is 3. The molecule has 0 aliphatic carbocycles. The first-order valence-corrected chi connectivity index (χ1v) is 23.1. The summed E-state index contributed by atoms with van der Waals surface area (Å²) in [6.07, 6.45) is 55.9. The Morgan fingerprint density at radius 2 is 0.745 bits per heavy atom. The fourth-order valence-corrected chi connectivity index (χ4v) is 7.11. The lowest BCUT2D eigenvalue weighted by molar-refractivity contribution is -0.123. The number of aliphatic hydroxyl groups is 2. The van der Waals surface area contributed by atoms with Crippen LogP contribution in [0.3, 0.4) is 0 Å². The maximum absolute atomic E-state index is 12.3. The molecule has 51 heavy (non-hydrogen) atoms. The first kappa shape index (κ1) is 49.9. The van der Waals surface area contributed by atoms with Crippen LogP contribution >= 0.6 is 0 Å². The third-order valence-corrected chi connectivity index (χ3v) is 10.7. The average Bonchev–Trinajstić information content (AvgIpc) is 3.13. The molecule has 0 spiro atoms. The number of unbranched alkanes of at least 4 members (excludes halogenated alkanes) is 33. The molecule has 0 aromatic rings. The number of amides is 1. The van der Waals surface area contributed by atoms with E-state index in [1.165, 1.54) is 193 Å². The van der Waals surface area contributed by atoms with Crippen LogP contribution in [0, 0.1) is 0 Å². The van der Waals surface area contributed by atoms with Crippen molar-refractivity contribution in [1.82, 2.24) is 5.32 Å². The highest BCUT2D eigenvalue weighted by atomic mass is 16.3. The molecule has 0 fully saturated rings. The molecule has 3 N–H and O–H groups in total. The second-order valence-corrected chi connectivity index (χ2v) is 15.8. The topological polar surface area (TPSA) is 69.6 Å². The predicted octanol–water partition coefficient (Wildman–Crippen LogP) is 14.4. The summed E-state index contributed by atoms with van der Waals surface area (Å²) in [4.78, 5) is 12.3. The summed E-state index contributed by atoms with van der Waals surface area (Å²) in [5, 5.41) is 23.0. The van der Waals surface area contributed by atoms with Crippen LogP contribution in [0.2, 0.25) is 0 Å². The quantitative estimate of drug-likeness (QED) is 0.0435. The van der Waals surface area contributed by atoms with Crippen LogP contribution in [0.4, 0.5) is 0 Å². The first-order valence-electron chi connectivity index (χ1n) is 23.1. The summed E-state index contributed by atoms with van der Waals surface area (Å²) in [7, 11) is 0. The summed E-state index contributed by atoms with van der Waals surface area (Å²) in [5.41, 5.74) is 0. The lowest BCUT2D eigenvalue weighted by Crippen LogP contribution is -2.45. The zero-order valence-corrected chi connectivity index (χ0v) is 34.6. The van der Waals surface area contributed by atoms with Crippen LogP contribution in [-0.4, -0.2) is 34.9 Å². The van der Waals surface area contributed by atoms with Crippen LogP contribution in [0.25, 0.3) is 0 Å². The van der Waals surface area contributed by atoms with Crippen LogP contribution < -0.4 is 5.32 Å².